The molecule has 0 saturated carbocycles. The molecule has 1 N–H and O–H groups in total. The molecule has 1 aliphatic rings. The summed E-state index contributed by atoms with van der Waals surface area (Å²) in [4.78, 5) is 25.1. The maximum atomic E-state index is 12.2. The van der Waals surface area contributed by atoms with Crippen LogP contribution in [-0.4, -0.2) is 41.4 Å². The van der Waals surface area contributed by atoms with Gasteiger partial charge in [0.25, 0.3) is 0 Å². The second-order valence-corrected chi connectivity index (χ2v) is 5.13. The largest absolute Gasteiger partial charge is 0.481 e. The lowest BCUT2D eigenvalue weighted by molar-refractivity contribution is -0.143. The van der Waals surface area contributed by atoms with E-state index in [9.17, 15) is 9.59 Å². The molecule has 1 heterocycles. The predicted molar refractivity (Wildman–Crippen MR) is 72.3 cm³/mol. The number of aryl methyl sites for hydroxylation is 1. The van der Waals surface area contributed by atoms with Crippen molar-refractivity contribution >= 4 is 11.8 Å². The van der Waals surface area contributed by atoms with E-state index in [2.05, 4.69) is 0 Å². The average molecular weight is 261 g/mol. The molecule has 1 aliphatic heterocycles. The van der Waals surface area contributed by atoms with Gasteiger partial charge in [0.15, 0.2) is 5.78 Å². The van der Waals surface area contributed by atoms with E-state index in [0.29, 0.717) is 32.5 Å². The zero-order valence-electron chi connectivity index (χ0n) is 11.1. The first-order valence-corrected chi connectivity index (χ1v) is 6.62. The van der Waals surface area contributed by atoms with Crippen molar-refractivity contribution < 1.29 is 14.7 Å². The monoisotopic (exact) mass is 261 g/mol. The molecule has 0 bridgehead atoms. The first-order chi connectivity index (χ1) is 9.08. The van der Waals surface area contributed by atoms with Gasteiger partial charge in [0.05, 0.1) is 12.5 Å². The number of nitrogens with zero attached hydrogens (tertiary/aromatic N) is 1. The topological polar surface area (TPSA) is 57.6 Å². The van der Waals surface area contributed by atoms with Crippen molar-refractivity contribution in [2.45, 2.75) is 19.8 Å². The van der Waals surface area contributed by atoms with Crippen molar-refractivity contribution in [3.8, 4) is 0 Å². The van der Waals surface area contributed by atoms with Crippen LogP contribution in [-0.2, 0) is 4.79 Å². The van der Waals surface area contributed by atoms with Crippen molar-refractivity contribution in [1.82, 2.24) is 4.90 Å². The summed E-state index contributed by atoms with van der Waals surface area (Å²) in [5.74, 6) is -0.846. The summed E-state index contributed by atoms with van der Waals surface area (Å²) in [6.07, 6.45) is 1.27. The van der Waals surface area contributed by atoms with Gasteiger partial charge in [-0.25, -0.2) is 0 Å². The summed E-state index contributed by atoms with van der Waals surface area (Å²) >= 11 is 0. The lowest BCUT2D eigenvalue weighted by Gasteiger charge is -2.29. The van der Waals surface area contributed by atoms with Gasteiger partial charge < -0.3 is 5.11 Å². The fourth-order valence-electron chi connectivity index (χ4n) is 2.51. The molecule has 1 aromatic rings. The Morgan fingerprint density at radius 3 is 2.47 bits per heavy atom. The minimum absolute atomic E-state index is 0.117. The highest BCUT2D eigenvalue weighted by Crippen LogP contribution is 2.18. The summed E-state index contributed by atoms with van der Waals surface area (Å²) in [6, 6.07) is 7.58. The molecule has 1 aromatic carbocycles. The Bertz CT molecular complexity index is 476. The molecule has 19 heavy (non-hydrogen) atoms. The molecule has 0 amide bonds. The maximum Gasteiger partial charge on any atom is 0.306 e. The summed E-state index contributed by atoms with van der Waals surface area (Å²) in [6.45, 7) is 3.70. The van der Waals surface area contributed by atoms with Crippen LogP contribution >= 0.6 is 0 Å². The van der Waals surface area contributed by atoms with Gasteiger partial charge in [-0.3, -0.25) is 14.5 Å². The number of benzene rings is 1. The maximum absolute atomic E-state index is 12.2. The number of hydrogen-bond donors (Lipinski definition) is 1. The van der Waals surface area contributed by atoms with E-state index < -0.39 is 5.97 Å². The quantitative estimate of drug-likeness (QED) is 0.842. The summed E-state index contributed by atoms with van der Waals surface area (Å²) in [5.41, 5.74) is 1.76. The van der Waals surface area contributed by atoms with Gasteiger partial charge >= 0.3 is 5.97 Å². The predicted octanol–water partition coefficient (Wildman–Crippen LogP) is 1.97. The SMILES string of the molecule is Cc1ccccc1C(=O)CN1CCC(C(=O)O)CC1. The van der Waals surface area contributed by atoms with Crippen LogP contribution in [0.4, 0.5) is 0 Å². The van der Waals surface area contributed by atoms with E-state index >= 15 is 0 Å². The van der Waals surface area contributed by atoms with Crippen molar-refractivity contribution in [2.24, 2.45) is 5.92 Å². The Balaban J connectivity index is 1.91. The van der Waals surface area contributed by atoms with Crippen molar-refractivity contribution in [1.29, 1.82) is 0 Å². The Hall–Kier alpha value is -1.68. The number of Topliss-reactive ketones (excluding diaryl/α,β-unsaturated/α-hetero) is 1. The lowest BCUT2D eigenvalue weighted by atomic mass is 9.96. The molecule has 0 aliphatic carbocycles. The third-order valence-electron chi connectivity index (χ3n) is 3.75. The first-order valence-electron chi connectivity index (χ1n) is 6.62. The zero-order valence-corrected chi connectivity index (χ0v) is 11.1. The summed E-state index contributed by atoms with van der Waals surface area (Å²) in [7, 11) is 0. The Labute approximate surface area is 113 Å². The van der Waals surface area contributed by atoms with Crippen LogP contribution in [0.15, 0.2) is 24.3 Å². The van der Waals surface area contributed by atoms with Crippen LogP contribution in [0.3, 0.4) is 0 Å². The third-order valence-corrected chi connectivity index (χ3v) is 3.75. The molecule has 0 radical (unpaired) electrons. The normalized spacial score (nSPS) is 17.3. The fraction of sp³-hybridized carbons (Fsp3) is 0.467. The number of aliphatic carboxylic acids is 1. The molecule has 4 heteroatoms. The lowest BCUT2D eigenvalue weighted by Crippen LogP contribution is -2.39. The Morgan fingerprint density at radius 2 is 1.89 bits per heavy atom. The molecule has 0 aromatic heterocycles. The molecule has 1 saturated heterocycles. The Kier molecular flexibility index (Phi) is 4.32. The molecule has 0 spiro atoms. The highest BCUT2D eigenvalue weighted by molar-refractivity contribution is 5.98. The van der Waals surface area contributed by atoms with E-state index in [0.717, 1.165) is 11.1 Å². The van der Waals surface area contributed by atoms with Crippen molar-refractivity contribution in [2.75, 3.05) is 19.6 Å². The molecular formula is C15H19NO3. The first kappa shape index (κ1) is 13.7. The second kappa shape index (κ2) is 5.97. The minimum Gasteiger partial charge on any atom is -0.481 e. The van der Waals surface area contributed by atoms with Crippen LogP contribution in [0.1, 0.15) is 28.8 Å². The highest BCUT2D eigenvalue weighted by Gasteiger charge is 2.25. The van der Waals surface area contributed by atoms with E-state index in [4.69, 9.17) is 5.11 Å². The van der Waals surface area contributed by atoms with E-state index in [1.807, 2.05) is 36.1 Å². The number of piperidine rings is 1. The number of likely N-dealkylation sites (tertiary alicyclic amines) is 1. The van der Waals surface area contributed by atoms with Crippen molar-refractivity contribution in [3.63, 3.8) is 0 Å². The van der Waals surface area contributed by atoms with Gasteiger partial charge in [0.1, 0.15) is 0 Å². The smallest absolute Gasteiger partial charge is 0.306 e. The van der Waals surface area contributed by atoms with Crippen LogP contribution in [0.2, 0.25) is 0 Å². The van der Waals surface area contributed by atoms with Crippen LogP contribution < -0.4 is 0 Å². The zero-order chi connectivity index (χ0) is 13.8. The highest BCUT2D eigenvalue weighted by atomic mass is 16.4. The fourth-order valence-corrected chi connectivity index (χ4v) is 2.51. The van der Waals surface area contributed by atoms with E-state index in [1.54, 1.807) is 0 Å². The summed E-state index contributed by atoms with van der Waals surface area (Å²) in [5, 5.41) is 8.94. The number of rotatable bonds is 4. The molecule has 1 fully saturated rings. The van der Waals surface area contributed by atoms with Gasteiger partial charge in [0.2, 0.25) is 0 Å². The summed E-state index contributed by atoms with van der Waals surface area (Å²) < 4.78 is 0. The van der Waals surface area contributed by atoms with Crippen LogP contribution in [0.5, 0.6) is 0 Å². The minimum atomic E-state index is -0.718. The number of carboxylic acid groups (broad SMARTS) is 1. The van der Waals surface area contributed by atoms with Crippen molar-refractivity contribution in [3.05, 3.63) is 35.4 Å². The second-order valence-electron chi connectivity index (χ2n) is 5.13. The molecular weight excluding hydrogens is 242 g/mol. The van der Waals surface area contributed by atoms with E-state index in [-0.39, 0.29) is 11.7 Å². The number of carboxylic acids is 1. The number of ketones is 1. The molecule has 4 nitrogen and oxygen atoms in total. The number of carbonyl (C=O) groups is 2. The molecule has 0 unspecified atom stereocenters. The standard InChI is InChI=1S/C15H19NO3/c1-11-4-2-3-5-13(11)14(17)10-16-8-6-12(7-9-16)15(18)19/h2-5,12H,6-10H2,1H3,(H,18,19). The molecule has 0 atom stereocenters. The third kappa shape index (κ3) is 3.41. The molecule has 2 rings (SSSR count). The van der Waals surface area contributed by atoms with E-state index in [1.165, 1.54) is 0 Å². The number of hydrogen-bond acceptors (Lipinski definition) is 3. The van der Waals surface area contributed by atoms with Gasteiger partial charge in [-0.1, -0.05) is 24.3 Å². The van der Waals surface area contributed by atoms with Gasteiger partial charge in [-0.05, 0) is 38.4 Å². The number of carbonyl (C=O) groups excluding carboxylic acids is 1. The van der Waals surface area contributed by atoms with Crippen LogP contribution in [0.25, 0.3) is 0 Å². The Morgan fingerprint density at radius 1 is 1.26 bits per heavy atom. The average Bonchev–Trinajstić information content (AvgIpc) is 2.39. The van der Waals surface area contributed by atoms with Gasteiger partial charge in [-0.2, -0.15) is 0 Å². The van der Waals surface area contributed by atoms with Gasteiger partial charge in [0, 0.05) is 5.56 Å². The van der Waals surface area contributed by atoms with Crippen LogP contribution in [0, 0.1) is 12.8 Å². The van der Waals surface area contributed by atoms with Gasteiger partial charge in [-0.15, -0.1) is 0 Å². The molecule has 102 valence electrons.